The fourth-order valence-electron chi connectivity index (χ4n) is 3.09. The molecule has 0 spiro atoms. The van der Waals surface area contributed by atoms with Gasteiger partial charge < -0.3 is 15.2 Å². The molecule has 1 atom stereocenters. The Kier molecular flexibility index (Phi) is 7.00. The Labute approximate surface area is 185 Å². The summed E-state index contributed by atoms with van der Waals surface area (Å²) >= 11 is 0. The number of carboxylic acids is 1. The summed E-state index contributed by atoms with van der Waals surface area (Å²) in [5.41, 5.74) is -0.900. The number of hydrogen-bond donors (Lipinski definition) is 2. The quantitative estimate of drug-likeness (QED) is 0.482. The van der Waals surface area contributed by atoms with E-state index in [9.17, 15) is 32.3 Å². The van der Waals surface area contributed by atoms with Crippen LogP contribution in [0.3, 0.4) is 0 Å². The summed E-state index contributed by atoms with van der Waals surface area (Å²) in [5, 5.41) is 15.7. The van der Waals surface area contributed by atoms with Gasteiger partial charge >= 0.3 is 12.1 Å². The molecule has 1 heterocycles. The fourth-order valence-corrected chi connectivity index (χ4v) is 3.09. The first-order chi connectivity index (χ1) is 15.6. The molecule has 174 valence electrons. The molecule has 0 saturated carbocycles. The van der Waals surface area contributed by atoms with E-state index in [-0.39, 0.29) is 29.4 Å². The summed E-state index contributed by atoms with van der Waals surface area (Å²) in [7, 11) is 0. The van der Waals surface area contributed by atoms with Gasteiger partial charge in [0.15, 0.2) is 5.69 Å². The van der Waals surface area contributed by atoms with Gasteiger partial charge in [0.05, 0.1) is 24.6 Å². The summed E-state index contributed by atoms with van der Waals surface area (Å²) < 4.78 is 59.2. The number of hydrogen-bond acceptors (Lipinski definition) is 4. The highest BCUT2D eigenvalue weighted by Gasteiger charge is 2.31. The molecule has 0 aliphatic carbocycles. The molecule has 11 heteroatoms. The van der Waals surface area contributed by atoms with E-state index >= 15 is 0 Å². The zero-order chi connectivity index (χ0) is 24.2. The van der Waals surface area contributed by atoms with Crippen molar-refractivity contribution in [1.29, 1.82) is 0 Å². The second kappa shape index (κ2) is 9.72. The van der Waals surface area contributed by atoms with E-state index in [0.717, 1.165) is 28.9 Å². The van der Waals surface area contributed by atoms with E-state index in [1.54, 1.807) is 13.0 Å². The molecule has 7 nitrogen and oxygen atoms in total. The van der Waals surface area contributed by atoms with E-state index < -0.39 is 41.9 Å². The zero-order valence-corrected chi connectivity index (χ0v) is 17.3. The molecule has 0 aliphatic heterocycles. The van der Waals surface area contributed by atoms with Crippen LogP contribution < -0.4 is 10.1 Å². The number of para-hydroxylation sites is 1. The summed E-state index contributed by atoms with van der Waals surface area (Å²) in [4.78, 5) is 24.1. The number of aliphatic carboxylic acids is 1. The van der Waals surface area contributed by atoms with Crippen LogP contribution in [-0.4, -0.2) is 33.4 Å². The maximum absolute atomic E-state index is 14.2. The molecular weight excluding hydrogens is 446 g/mol. The van der Waals surface area contributed by atoms with Gasteiger partial charge in [-0.05, 0) is 36.8 Å². The van der Waals surface area contributed by atoms with E-state index in [1.807, 2.05) is 0 Å². The van der Waals surface area contributed by atoms with Crippen molar-refractivity contribution in [2.45, 2.75) is 25.6 Å². The Morgan fingerprint density at radius 3 is 2.39 bits per heavy atom. The average molecular weight is 465 g/mol. The molecule has 2 N–H and O–H groups in total. The molecular formula is C22H19F4N3O4. The van der Waals surface area contributed by atoms with E-state index in [2.05, 4.69) is 10.4 Å². The lowest BCUT2D eigenvalue weighted by Gasteiger charge is -2.17. The fraction of sp³-hybridized carbons (Fsp3) is 0.227. The molecule has 1 aromatic heterocycles. The number of aromatic nitrogens is 2. The first-order valence-electron chi connectivity index (χ1n) is 9.77. The third-order valence-corrected chi connectivity index (χ3v) is 4.61. The number of carbonyl (C=O) groups excluding carboxylic acids is 1. The number of benzene rings is 2. The lowest BCUT2D eigenvalue weighted by Crippen LogP contribution is -2.30. The Balaban J connectivity index is 1.90. The van der Waals surface area contributed by atoms with Crippen LogP contribution in [0, 0.1) is 5.82 Å². The summed E-state index contributed by atoms with van der Waals surface area (Å²) in [6, 6.07) is 9.62. The predicted molar refractivity (Wildman–Crippen MR) is 109 cm³/mol. The number of rotatable bonds is 8. The van der Waals surface area contributed by atoms with E-state index in [4.69, 9.17) is 4.74 Å². The first-order valence-corrected chi connectivity index (χ1v) is 9.77. The van der Waals surface area contributed by atoms with Crippen molar-refractivity contribution in [3.05, 3.63) is 77.2 Å². The van der Waals surface area contributed by atoms with Crippen LogP contribution in [-0.2, 0) is 11.0 Å². The molecule has 1 amide bonds. The molecule has 33 heavy (non-hydrogen) atoms. The van der Waals surface area contributed by atoms with Gasteiger partial charge in [0.1, 0.15) is 11.5 Å². The molecule has 2 aromatic carbocycles. The van der Waals surface area contributed by atoms with E-state index in [1.165, 1.54) is 24.3 Å². The number of alkyl halides is 3. The second-order valence-corrected chi connectivity index (χ2v) is 6.91. The standard InChI is InChI=1S/C22H19F4N3O4/c1-2-33-19-11-17(28-29(19)18-6-4-3-5-15(18)23)21(32)27-16(12-20(30)31)13-7-9-14(10-8-13)22(24,25)26/h3-11,16H,2,12H2,1H3,(H,27,32)(H,30,31)/t16-/m0/s1. The molecule has 0 aliphatic rings. The van der Waals surface area contributed by atoms with Crippen LogP contribution in [0.15, 0.2) is 54.6 Å². The monoisotopic (exact) mass is 465 g/mol. The summed E-state index contributed by atoms with van der Waals surface area (Å²) in [6.45, 7) is 1.89. The SMILES string of the molecule is CCOc1cc(C(=O)N[C@@H](CC(=O)O)c2ccc(C(F)(F)F)cc2)nn1-c1ccccc1F. The number of carbonyl (C=O) groups is 2. The number of ether oxygens (including phenoxy) is 1. The van der Waals surface area contributed by atoms with Gasteiger partial charge in [0.25, 0.3) is 5.91 Å². The Morgan fingerprint density at radius 1 is 1.15 bits per heavy atom. The average Bonchev–Trinajstić information content (AvgIpc) is 3.17. The minimum absolute atomic E-state index is 0.0322. The highest BCUT2D eigenvalue weighted by atomic mass is 19.4. The minimum Gasteiger partial charge on any atom is -0.481 e. The van der Waals surface area contributed by atoms with Crippen molar-refractivity contribution >= 4 is 11.9 Å². The van der Waals surface area contributed by atoms with Crippen molar-refractivity contribution in [2.24, 2.45) is 0 Å². The lowest BCUT2D eigenvalue weighted by molar-refractivity contribution is -0.138. The number of amides is 1. The van der Waals surface area contributed by atoms with Gasteiger partial charge in [-0.1, -0.05) is 24.3 Å². The maximum Gasteiger partial charge on any atom is 0.416 e. The van der Waals surface area contributed by atoms with Crippen molar-refractivity contribution in [1.82, 2.24) is 15.1 Å². The van der Waals surface area contributed by atoms with Crippen LogP contribution in [0.4, 0.5) is 17.6 Å². The normalized spacial score (nSPS) is 12.3. The van der Waals surface area contributed by atoms with Gasteiger partial charge in [0.2, 0.25) is 5.88 Å². The first kappa shape index (κ1) is 23.8. The molecule has 3 aromatic rings. The largest absolute Gasteiger partial charge is 0.481 e. The van der Waals surface area contributed by atoms with Crippen LogP contribution in [0.1, 0.15) is 41.0 Å². The third-order valence-electron chi connectivity index (χ3n) is 4.61. The Hall–Kier alpha value is -3.89. The molecule has 3 rings (SSSR count). The van der Waals surface area contributed by atoms with Crippen LogP contribution in [0.5, 0.6) is 5.88 Å². The Bertz CT molecular complexity index is 1140. The summed E-state index contributed by atoms with van der Waals surface area (Å²) in [6.07, 6.45) is -5.14. The van der Waals surface area contributed by atoms with Gasteiger partial charge in [-0.25, -0.2) is 4.39 Å². The highest BCUT2D eigenvalue weighted by molar-refractivity contribution is 5.93. The van der Waals surface area contributed by atoms with Gasteiger partial charge in [-0.2, -0.15) is 23.0 Å². The predicted octanol–water partition coefficient (Wildman–Crippen LogP) is 4.37. The third kappa shape index (κ3) is 5.68. The number of nitrogens with zero attached hydrogens (tertiary/aromatic N) is 2. The minimum atomic E-state index is -4.56. The van der Waals surface area contributed by atoms with Gasteiger partial charge in [0, 0.05) is 6.07 Å². The van der Waals surface area contributed by atoms with Crippen molar-refractivity contribution in [2.75, 3.05) is 6.61 Å². The maximum atomic E-state index is 14.2. The van der Waals surface area contributed by atoms with Crippen LogP contribution in [0.25, 0.3) is 5.69 Å². The molecule has 0 saturated heterocycles. The zero-order valence-electron chi connectivity index (χ0n) is 17.3. The molecule has 0 bridgehead atoms. The number of carboxylic acid groups (broad SMARTS) is 1. The molecule has 0 unspecified atom stereocenters. The van der Waals surface area contributed by atoms with Crippen molar-refractivity contribution in [3.8, 4) is 11.6 Å². The van der Waals surface area contributed by atoms with Gasteiger partial charge in [-0.3, -0.25) is 9.59 Å². The lowest BCUT2D eigenvalue weighted by atomic mass is 10.0. The number of halogens is 4. The van der Waals surface area contributed by atoms with Crippen LogP contribution in [0.2, 0.25) is 0 Å². The molecule has 0 radical (unpaired) electrons. The highest BCUT2D eigenvalue weighted by Crippen LogP contribution is 2.30. The van der Waals surface area contributed by atoms with Crippen molar-refractivity contribution < 1.29 is 37.0 Å². The second-order valence-electron chi connectivity index (χ2n) is 6.91. The number of nitrogens with one attached hydrogen (secondary N) is 1. The summed E-state index contributed by atoms with van der Waals surface area (Å²) in [5.74, 6) is -2.61. The van der Waals surface area contributed by atoms with E-state index in [0.29, 0.717) is 0 Å². The van der Waals surface area contributed by atoms with Gasteiger partial charge in [-0.15, -0.1) is 0 Å². The molecule has 0 fully saturated rings. The topological polar surface area (TPSA) is 93.4 Å². The van der Waals surface area contributed by atoms with Crippen molar-refractivity contribution in [3.63, 3.8) is 0 Å². The smallest absolute Gasteiger partial charge is 0.416 e. The van der Waals surface area contributed by atoms with Crippen LogP contribution >= 0.6 is 0 Å². The Morgan fingerprint density at radius 2 is 1.82 bits per heavy atom.